The van der Waals surface area contributed by atoms with E-state index in [9.17, 15) is 9.59 Å². The summed E-state index contributed by atoms with van der Waals surface area (Å²) in [6.45, 7) is 0. The number of allylic oxidation sites excluding steroid dienone is 4. The zero-order valence-corrected chi connectivity index (χ0v) is 6.44. The maximum Gasteiger partial charge on any atom is 0.159 e. The van der Waals surface area contributed by atoms with Crippen molar-refractivity contribution in [2.24, 2.45) is 23.7 Å². The van der Waals surface area contributed by atoms with Gasteiger partial charge in [-0.1, -0.05) is 12.2 Å². The Morgan fingerprint density at radius 3 is 1.67 bits per heavy atom. The molecule has 1 saturated carbocycles. The van der Waals surface area contributed by atoms with Crippen LogP contribution in [0, 0.1) is 23.7 Å². The molecular formula is C10H8O2. The van der Waals surface area contributed by atoms with Crippen LogP contribution in [0.25, 0.3) is 0 Å². The molecule has 0 N–H and O–H groups in total. The van der Waals surface area contributed by atoms with Gasteiger partial charge in [0, 0.05) is 11.8 Å². The van der Waals surface area contributed by atoms with Crippen LogP contribution in [0.3, 0.4) is 0 Å². The Hall–Kier alpha value is -1.18. The first-order valence-corrected chi connectivity index (χ1v) is 4.23. The van der Waals surface area contributed by atoms with Crippen molar-refractivity contribution < 1.29 is 9.59 Å². The SMILES string of the molecule is O=C1C=CC2C3C=CC(=O)C3C12. The van der Waals surface area contributed by atoms with E-state index in [0.717, 1.165) is 0 Å². The zero-order chi connectivity index (χ0) is 8.29. The molecule has 4 atom stereocenters. The molecule has 0 aliphatic heterocycles. The second-order valence-electron chi connectivity index (χ2n) is 3.73. The Morgan fingerprint density at radius 1 is 0.833 bits per heavy atom. The van der Waals surface area contributed by atoms with E-state index in [0.29, 0.717) is 11.8 Å². The molecule has 0 radical (unpaired) electrons. The summed E-state index contributed by atoms with van der Waals surface area (Å²) in [5, 5.41) is 0. The van der Waals surface area contributed by atoms with Crippen molar-refractivity contribution >= 4 is 11.6 Å². The molecule has 3 rings (SSSR count). The highest BCUT2D eigenvalue weighted by Gasteiger charge is 2.57. The number of rotatable bonds is 0. The van der Waals surface area contributed by atoms with Gasteiger partial charge in [-0.3, -0.25) is 9.59 Å². The average molecular weight is 160 g/mol. The van der Waals surface area contributed by atoms with Crippen LogP contribution in [0.4, 0.5) is 0 Å². The number of carbonyl (C=O) groups excluding carboxylic acids is 2. The van der Waals surface area contributed by atoms with E-state index >= 15 is 0 Å². The first kappa shape index (κ1) is 6.35. The average Bonchev–Trinajstić information content (AvgIpc) is 2.41. The molecule has 4 unspecified atom stereocenters. The molecule has 0 aromatic carbocycles. The Balaban J connectivity index is 2.01. The largest absolute Gasteiger partial charge is 0.295 e. The van der Waals surface area contributed by atoms with Gasteiger partial charge in [0.25, 0.3) is 0 Å². The van der Waals surface area contributed by atoms with Crippen LogP contribution in [0.15, 0.2) is 24.3 Å². The lowest BCUT2D eigenvalue weighted by atomic mass is 9.59. The third-order valence-electron chi connectivity index (χ3n) is 3.28. The second-order valence-corrected chi connectivity index (χ2v) is 3.73. The molecule has 2 heteroatoms. The molecule has 0 spiro atoms. The molecule has 0 heterocycles. The predicted octanol–water partition coefficient (Wildman–Crippen LogP) is 0.743. The Bertz CT molecular complexity index is 304. The van der Waals surface area contributed by atoms with Crippen molar-refractivity contribution in [1.82, 2.24) is 0 Å². The maximum atomic E-state index is 11.3. The molecule has 2 nitrogen and oxygen atoms in total. The normalized spacial score (nSPS) is 47.7. The number of fused-ring (bicyclic) bond motifs is 4. The van der Waals surface area contributed by atoms with E-state index in [4.69, 9.17) is 0 Å². The van der Waals surface area contributed by atoms with E-state index in [-0.39, 0.29) is 23.4 Å². The highest BCUT2D eigenvalue weighted by atomic mass is 16.1. The van der Waals surface area contributed by atoms with Crippen molar-refractivity contribution in [3.8, 4) is 0 Å². The lowest BCUT2D eigenvalue weighted by molar-refractivity contribution is -0.136. The minimum atomic E-state index is -0.00231. The van der Waals surface area contributed by atoms with Crippen LogP contribution in [0.5, 0.6) is 0 Å². The van der Waals surface area contributed by atoms with E-state index < -0.39 is 0 Å². The van der Waals surface area contributed by atoms with Gasteiger partial charge in [0.05, 0.1) is 0 Å². The van der Waals surface area contributed by atoms with Crippen molar-refractivity contribution in [3.05, 3.63) is 24.3 Å². The number of hydrogen-bond acceptors (Lipinski definition) is 2. The Labute approximate surface area is 70.0 Å². The summed E-state index contributed by atoms with van der Waals surface area (Å²) in [5.74, 6) is 0.974. The molecule has 1 fully saturated rings. The molecule has 0 bridgehead atoms. The van der Waals surface area contributed by atoms with Crippen LogP contribution < -0.4 is 0 Å². The van der Waals surface area contributed by atoms with Crippen molar-refractivity contribution in [3.63, 3.8) is 0 Å². The summed E-state index contributed by atoms with van der Waals surface area (Å²) in [6.07, 6.45) is 7.18. The fraction of sp³-hybridized carbons (Fsp3) is 0.400. The number of ketones is 2. The van der Waals surface area contributed by atoms with Gasteiger partial charge < -0.3 is 0 Å². The summed E-state index contributed by atoms with van der Waals surface area (Å²) < 4.78 is 0. The van der Waals surface area contributed by atoms with E-state index in [1.807, 2.05) is 12.2 Å². The Morgan fingerprint density at radius 2 is 1.25 bits per heavy atom. The lowest BCUT2D eigenvalue weighted by Crippen LogP contribution is -2.46. The fourth-order valence-corrected chi connectivity index (χ4v) is 2.68. The standard InChI is InChI=1S/C10H8O2/c11-7-3-1-5-6-2-4-8(12)10(6)9(5)7/h1-6,9-10H. The lowest BCUT2D eigenvalue weighted by Gasteiger charge is -2.41. The van der Waals surface area contributed by atoms with Gasteiger partial charge in [0.1, 0.15) is 0 Å². The van der Waals surface area contributed by atoms with Crippen molar-refractivity contribution in [2.45, 2.75) is 0 Å². The van der Waals surface area contributed by atoms with Crippen LogP contribution in [0.1, 0.15) is 0 Å². The highest BCUT2D eigenvalue weighted by Crippen LogP contribution is 2.54. The predicted molar refractivity (Wildman–Crippen MR) is 42.3 cm³/mol. The second kappa shape index (κ2) is 1.76. The quantitative estimate of drug-likeness (QED) is 0.523. The number of hydrogen-bond donors (Lipinski definition) is 0. The zero-order valence-electron chi connectivity index (χ0n) is 6.44. The summed E-state index contributed by atoms with van der Waals surface area (Å²) in [4.78, 5) is 22.5. The molecule has 0 amide bonds. The summed E-state index contributed by atoms with van der Waals surface area (Å²) in [7, 11) is 0. The summed E-state index contributed by atoms with van der Waals surface area (Å²) >= 11 is 0. The fourth-order valence-electron chi connectivity index (χ4n) is 2.68. The first-order chi connectivity index (χ1) is 5.79. The van der Waals surface area contributed by atoms with Gasteiger partial charge >= 0.3 is 0 Å². The van der Waals surface area contributed by atoms with Gasteiger partial charge in [-0.05, 0) is 24.0 Å². The van der Waals surface area contributed by atoms with Gasteiger partial charge in [0.15, 0.2) is 11.6 Å². The van der Waals surface area contributed by atoms with Crippen molar-refractivity contribution in [1.29, 1.82) is 0 Å². The summed E-state index contributed by atoms with van der Waals surface area (Å²) in [5.41, 5.74) is 0. The van der Waals surface area contributed by atoms with E-state index in [1.165, 1.54) is 0 Å². The van der Waals surface area contributed by atoms with E-state index in [2.05, 4.69) is 0 Å². The molecule has 3 aliphatic carbocycles. The third kappa shape index (κ3) is 0.501. The van der Waals surface area contributed by atoms with Crippen LogP contribution in [-0.4, -0.2) is 11.6 Å². The van der Waals surface area contributed by atoms with Gasteiger partial charge in [-0.25, -0.2) is 0 Å². The minimum Gasteiger partial charge on any atom is -0.295 e. The monoisotopic (exact) mass is 160 g/mol. The van der Waals surface area contributed by atoms with Crippen LogP contribution >= 0.6 is 0 Å². The van der Waals surface area contributed by atoms with Crippen molar-refractivity contribution in [2.75, 3.05) is 0 Å². The molecule has 0 saturated heterocycles. The summed E-state index contributed by atoms with van der Waals surface area (Å²) in [6, 6.07) is 0. The van der Waals surface area contributed by atoms with Gasteiger partial charge in [0.2, 0.25) is 0 Å². The molecule has 12 heavy (non-hydrogen) atoms. The minimum absolute atomic E-state index is 0.00231. The number of carbonyl (C=O) groups is 2. The van der Waals surface area contributed by atoms with Crippen LogP contribution in [-0.2, 0) is 9.59 Å². The smallest absolute Gasteiger partial charge is 0.159 e. The Kier molecular flexibility index (Phi) is 0.932. The first-order valence-electron chi connectivity index (χ1n) is 4.23. The van der Waals surface area contributed by atoms with E-state index in [1.54, 1.807) is 12.2 Å². The highest BCUT2D eigenvalue weighted by molar-refractivity contribution is 6.05. The molecule has 3 aliphatic rings. The third-order valence-corrected chi connectivity index (χ3v) is 3.28. The van der Waals surface area contributed by atoms with Gasteiger partial charge in [-0.2, -0.15) is 0 Å². The van der Waals surface area contributed by atoms with Crippen LogP contribution in [0.2, 0.25) is 0 Å². The topological polar surface area (TPSA) is 34.1 Å². The molecule has 0 aromatic rings. The molecule has 60 valence electrons. The molecular weight excluding hydrogens is 152 g/mol. The van der Waals surface area contributed by atoms with Gasteiger partial charge in [-0.15, -0.1) is 0 Å². The maximum absolute atomic E-state index is 11.3. The molecule has 0 aromatic heterocycles.